The van der Waals surface area contributed by atoms with Crippen LogP contribution in [0.2, 0.25) is 0 Å². The molecule has 2 amide bonds. The van der Waals surface area contributed by atoms with Gasteiger partial charge in [-0.3, -0.25) is 9.59 Å². The standard InChI is InChI=1S/C17H18N2O3S/c20-15(18-10-8-14-7-4-12-23-14)17(22)9-11-19(16(17)21)13-5-2-1-3-6-13/h1-7,12,22H,8-11H2,(H,18,20)/t17-/m1/s1. The first-order valence-corrected chi connectivity index (χ1v) is 8.39. The minimum absolute atomic E-state index is 0.103. The van der Waals surface area contributed by atoms with Gasteiger partial charge in [-0.05, 0) is 30.0 Å². The second kappa shape index (κ2) is 6.52. The maximum absolute atomic E-state index is 12.5. The van der Waals surface area contributed by atoms with Crippen molar-refractivity contribution in [3.8, 4) is 0 Å². The number of hydrogen-bond donors (Lipinski definition) is 2. The zero-order valence-electron chi connectivity index (χ0n) is 12.6. The summed E-state index contributed by atoms with van der Waals surface area (Å²) >= 11 is 1.62. The van der Waals surface area contributed by atoms with E-state index in [0.717, 1.165) is 4.88 Å². The molecule has 1 aliphatic heterocycles. The van der Waals surface area contributed by atoms with Crippen LogP contribution in [0, 0.1) is 0 Å². The van der Waals surface area contributed by atoms with E-state index >= 15 is 0 Å². The number of nitrogens with one attached hydrogen (secondary N) is 1. The number of amides is 2. The van der Waals surface area contributed by atoms with Crippen LogP contribution >= 0.6 is 11.3 Å². The Labute approximate surface area is 138 Å². The van der Waals surface area contributed by atoms with E-state index in [1.165, 1.54) is 4.90 Å². The molecular formula is C17H18N2O3S. The van der Waals surface area contributed by atoms with Gasteiger partial charge in [-0.25, -0.2) is 0 Å². The topological polar surface area (TPSA) is 69.6 Å². The molecule has 2 aromatic rings. The zero-order valence-corrected chi connectivity index (χ0v) is 13.4. The molecule has 1 aliphatic rings. The monoisotopic (exact) mass is 330 g/mol. The van der Waals surface area contributed by atoms with Gasteiger partial charge in [0.05, 0.1) is 0 Å². The molecule has 1 atom stereocenters. The van der Waals surface area contributed by atoms with Crippen LogP contribution in [0.4, 0.5) is 5.69 Å². The number of para-hydroxylation sites is 1. The highest BCUT2D eigenvalue weighted by Crippen LogP contribution is 2.28. The third-order valence-corrected chi connectivity index (χ3v) is 4.91. The van der Waals surface area contributed by atoms with E-state index in [4.69, 9.17) is 0 Å². The number of rotatable bonds is 5. The van der Waals surface area contributed by atoms with Crippen LogP contribution in [0.15, 0.2) is 47.8 Å². The molecule has 0 radical (unpaired) electrons. The Bertz CT molecular complexity index is 687. The molecule has 5 nitrogen and oxygen atoms in total. The zero-order chi connectivity index (χ0) is 16.3. The van der Waals surface area contributed by atoms with Gasteiger partial charge in [0, 0.05) is 30.1 Å². The molecule has 1 fully saturated rings. The van der Waals surface area contributed by atoms with Gasteiger partial charge < -0.3 is 15.3 Å². The highest BCUT2D eigenvalue weighted by Gasteiger charge is 2.51. The van der Waals surface area contributed by atoms with Crippen LogP contribution in [-0.4, -0.2) is 35.6 Å². The Morgan fingerprint density at radius 2 is 2.04 bits per heavy atom. The summed E-state index contributed by atoms with van der Waals surface area (Å²) in [4.78, 5) is 27.4. The molecule has 0 aliphatic carbocycles. The molecule has 1 saturated heterocycles. The lowest BCUT2D eigenvalue weighted by Crippen LogP contribution is -2.52. The van der Waals surface area contributed by atoms with Gasteiger partial charge in [-0.1, -0.05) is 24.3 Å². The SMILES string of the molecule is O=C(NCCc1cccs1)[C@]1(O)CCN(c2ccccc2)C1=O. The van der Waals surface area contributed by atoms with Crippen molar-refractivity contribution >= 4 is 28.8 Å². The fourth-order valence-corrected chi connectivity index (χ4v) is 3.38. The summed E-state index contributed by atoms with van der Waals surface area (Å²) in [6, 6.07) is 13.0. The molecular weight excluding hydrogens is 312 g/mol. The predicted octanol–water partition coefficient (Wildman–Crippen LogP) is 1.57. The van der Waals surface area contributed by atoms with Crippen LogP contribution in [0.1, 0.15) is 11.3 Å². The van der Waals surface area contributed by atoms with Crippen molar-refractivity contribution in [2.24, 2.45) is 0 Å². The lowest BCUT2D eigenvalue weighted by atomic mass is 10.0. The Morgan fingerprint density at radius 1 is 1.26 bits per heavy atom. The Hall–Kier alpha value is -2.18. The Balaban J connectivity index is 1.62. The molecule has 1 aromatic carbocycles. The first kappa shape index (κ1) is 15.7. The highest BCUT2D eigenvalue weighted by molar-refractivity contribution is 7.09. The number of hydrogen-bond acceptors (Lipinski definition) is 4. The third kappa shape index (κ3) is 3.13. The molecule has 0 bridgehead atoms. The molecule has 2 heterocycles. The quantitative estimate of drug-likeness (QED) is 0.818. The molecule has 1 aromatic heterocycles. The number of carbonyl (C=O) groups is 2. The van der Waals surface area contributed by atoms with E-state index in [2.05, 4.69) is 5.32 Å². The van der Waals surface area contributed by atoms with Crippen LogP contribution < -0.4 is 10.2 Å². The van der Waals surface area contributed by atoms with E-state index in [-0.39, 0.29) is 6.42 Å². The van der Waals surface area contributed by atoms with Gasteiger partial charge in [-0.15, -0.1) is 11.3 Å². The average Bonchev–Trinajstić information content (AvgIpc) is 3.18. The van der Waals surface area contributed by atoms with Crippen molar-refractivity contribution in [2.75, 3.05) is 18.0 Å². The molecule has 0 unspecified atom stereocenters. The summed E-state index contributed by atoms with van der Waals surface area (Å²) in [5.41, 5.74) is -1.27. The van der Waals surface area contributed by atoms with Crippen LogP contribution in [-0.2, 0) is 16.0 Å². The van der Waals surface area contributed by atoms with Gasteiger partial charge in [0.25, 0.3) is 11.8 Å². The van der Waals surface area contributed by atoms with Crippen LogP contribution in [0.5, 0.6) is 0 Å². The van der Waals surface area contributed by atoms with E-state index in [1.807, 2.05) is 35.7 Å². The number of nitrogens with zero attached hydrogens (tertiary/aromatic N) is 1. The number of aliphatic hydroxyl groups is 1. The first-order valence-electron chi connectivity index (χ1n) is 7.51. The molecule has 6 heteroatoms. The van der Waals surface area contributed by atoms with E-state index in [1.54, 1.807) is 23.5 Å². The molecule has 2 N–H and O–H groups in total. The Kier molecular flexibility index (Phi) is 4.45. The van der Waals surface area contributed by atoms with Gasteiger partial charge in [0.15, 0.2) is 0 Å². The molecule has 0 saturated carbocycles. The third-order valence-electron chi connectivity index (χ3n) is 3.98. The minimum Gasteiger partial charge on any atom is -0.372 e. The van der Waals surface area contributed by atoms with Crippen molar-refractivity contribution in [3.05, 3.63) is 52.7 Å². The maximum Gasteiger partial charge on any atom is 0.268 e. The summed E-state index contributed by atoms with van der Waals surface area (Å²) in [6.45, 7) is 0.734. The van der Waals surface area contributed by atoms with Crippen LogP contribution in [0.25, 0.3) is 0 Å². The van der Waals surface area contributed by atoms with E-state index in [0.29, 0.717) is 25.2 Å². The number of benzene rings is 1. The number of carbonyl (C=O) groups excluding carboxylic acids is 2. The second-order valence-electron chi connectivity index (χ2n) is 5.49. The summed E-state index contributed by atoms with van der Waals surface area (Å²) in [5, 5.41) is 15.2. The predicted molar refractivity (Wildman–Crippen MR) is 89.4 cm³/mol. The number of thiophene rings is 1. The van der Waals surface area contributed by atoms with E-state index < -0.39 is 17.4 Å². The van der Waals surface area contributed by atoms with Gasteiger partial charge in [-0.2, -0.15) is 0 Å². The van der Waals surface area contributed by atoms with Gasteiger partial charge in [0.1, 0.15) is 0 Å². The largest absolute Gasteiger partial charge is 0.372 e. The summed E-state index contributed by atoms with van der Waals surface area (Å²) in [7, 11) is 0. The van der Waals surface area contributed by atoms with Crippen molar-refractivity contribution in [3.63, 3.8) is 0 Å². The van der Waals surface area contributed by atoms with Crippen molar-refractivity contribution < 1.29 is 14.7 Å². The lowest BCUT2D eigenvalue weighted by Gasteiger charge is -2.21. The van der Waals surface area contributed by atoms with Crippen molar-refractivity contribution in [2.45, 2.75) is 18.4 Å². The van der Waals surface area contributed by atoms with Crippen molar-refractivity contribution in [1.29, 1.82) is 0 Å². The lowest BCUT2D eigenvalue weighted by molar-refractivity contribution is -0.149. The summed E-state index contributed by atoms with van der Waals surface area (Å²) in [6.07, 6.45) is 0.793. The van der Waals surface area contributed by atoms with E-state index in [9.17, 15) is 14.7 Å². The molecule has 120 valence electrons. The smallest absolute Gasteiger partial charge is 0.268 e. The van der Waals surface area contributed by atoms with Gasteiger partial charge >= 0.3 is 0 Å². The minimum atomic E-state index is -1.97. The average molecular weight is 330 g/mol. The summed E-state index contributed by atoms with van der Waals surface area (Å²) in [5.74, 6) is -1.17. The molecule has 3 rings (SSSR count). The van der Waals surface area contributed by atoms with Crippen LogP contribution in [0.3, 0.4) is 0 Å². The number of anilines is 1. The fraction of sp³-hybridized carbons (Fsp3) is 0.294. The van der Waals surface area contributed by atoms with Crippen molar-refractivity contribution in [1.82, 2.24) is 5.32 Å². The second-order valence-corrected chi connectivity index (χ2v) is 6.52. The Morgan fingerprint density at radius 3 is 2.74 bits per heavy atom. The highest BCUT2D eigenvalue weighted by atomic mass is 32.1. The first-order chi connectivity index (χ1) is 11.1. The molecule has 23 heavy (non-hydrogen) atoms. The van der Waals surface area contributed by atoms with Gasteiger partial charge in [0.2, 0.25) is 5.60 Å². The fourth-order valence-electron chi connectivity index (χ4n) is 2.67. The maximum atomic E-state index is 12.5. The molecule has 0 spiro atoms. The normalized spacial score (nSPS) is 20.7. The summed E-state index contributed by atoms with van der Waals surface area (Å²) < 4.78 is 0.